The van der Waals surface area contributed by atoms with Crippen molar-refractivity contribution < 1.29 is 90.7 Å². The van der Waals surface area contributed by atoms with Gasteiger partial charge in [0.2, 0.25) is 29.5 Å². The van der Waals surface area contributed by atoms with E-state index in [1.807, 2.05) is 0 Å². The molecule has 0 aliphatic rings. The van der Waals surface area contributed by atoms with E-state index < -0.39 is 111 Å². The molecule has 0 spiro atoms. The Bertz CT molecular complexity index is 1330. The molecule has 23 N–H and O–H groups in total. The summed E-state index contributed by atoms with van der Waals surface area (Å²) in [6.45, 7) is 1.88. The second kappa shape index (κ2) is 28.6. The van der Waals surface area contributed by atoms with Gasteiger partial charge in [-0.05, 0) is 58.3 Å². The first-order valence-corrected chi connectivity index (χ1v) is 20.7. The van der Waals surface area contributed by atoms with Crippen molar-refractivity contribution in [1.82, 2.24) is 31.9 Å². The summed E-state index contributed by atoms with van der Waals surface area (Å²) in [7, 11) is -4.92. The number of carboxylic acids is 2. The van der Waals surface area contributed by atoms with Crippen LogP contribution in [0.15, 0.2) is 0 Å². The molecule has 0 rings (SSSR count). The first-order valence-electron chi connectivity index (χ1n) is 18.5. The molecule has 0 radical (unpaired) electrons. The van der Waals surface area contributed by atoms with Gasteiger partial charge in [0.05, 0.1) is 26.1 Å². The van der Waals surface area contributed by atoms with Gasteiger partial charge in [0.25, 0.3) is 5.91 Å². The summed E-state index contributed by atoms with van der Waals surface area (Å²) in [4.78, 5) is 130. The third-order valence-corrected chi connectivity index (χ3v) is 9.14. The zero-order chi connectivity index (χ0) is 43.7. The smallest absolute Gasteiger partial charge is 0.481 e. The molecule has 0 saturated heterocycles. The quantitative estimate of drug-likeness (QED) is 0.0175. The Morgan fingerprint density at radius 1 is 0.579 bits per heavy atom. The Kier molecular flexibility index (Phi) is 26.7. The molecule has 0 aliphatic carbocycles. The highest BCUT2D eigenvalue weighted by Crippen LogP contribution is 2.45. The number of rotatable bonds is 31. The number of carboxylic acid groups (broad SMARTS) is 2. The van der Waals surface area contributed by atoms with Crippen molar-refractivity contribution in [2.24, 2.45) is 0 Å². The molecule has 7 atom stereocenters. The van der Waals surface area contributed by atoms with E-state index in [0.29, 0.717) is 58.2 Å². The molecular weight excluding hydrogens is 799 g/mol. The van der Waals surface area contributed by atoms with Gasteiger partial charge in [-0.2, -0.15) is 31.8 Å². The van der Waals surface area contributed by atoms with Crippen LogP contribution in [0, 0.1) is 0 Å². The third kappa shape index (κ3) is 23.3. The minimum Gasteiger partial charge on any atom is -0.481 e. The molecule has 0 aromatic heterocycles. The van der Waals surface area contributed by atoms with E-state index in [9.17, 15) is 63.2 Å². The molecule has 0 fully saturated rings. The Balaban J connectivity index is 6.09. The molecule has 0 aliphatic heterocycles. The highest BCUT2D eigenvalue weighted by molar-refractivity contribution is 7.80. The summed E-state index contributed by atoms with van der Waals surface area (Å²) in [5.41, 5.74) is 15.0. The van der Waals surface area contributed by atoms with E-state index in [-0.39, 0.29) is 18.6 Å². The van der Waals surface area contributed by atoms with Crippen LogP contribution in [0.4, 0.5) is 0 Å². The third-order valence-electron chi connectivity index (χ3n) is 8.28. The van der Waals surface area contributed by atoms with Gasteiger partial charge in [-0.15, -0.1) is 0 Å². The van der Waals surface area contributed by atoms with Crippen molar-refractivity contribution in [3.8, 4) is 0 Å². The standard InChI is InChI=1S/C31H59N10O14PS/c1-17(36-27(46)19(9-3-6-12-33)38-29(48)21(14-24(42)43)39-26(45)18(35)8-2-5-11-32)25(44)37-20(10-4-7-13-34)28(47)40-22(15-55-56(52,53)54)30(49)41-23(16-57)31(50)51/h17-23,52-54H,2-16,32-35H2,1H3,(H8-,36,37,38,39,40,41,42,43,44,45,46,47,48,49,50,51,57)/p+5/t17-,18-,19-,20-,21-,22-,23-/m0/s1. The Morgan fingerprint density at radius 2 is 0.982 bits per heavy atom. The topological polar surface area (TPSA) is 430 Å². The fraction of sp³-hybridized carbons (Fsp3) is 0.742. The van der Waals surface area contributed by atoms with Crippen LogP contribution in [0.5, 0.6) is 0 Å². The number of carbonyl (C=O) groups excluding carboxylic acids is 6. The molecule has 57 heavy (non-hydrogen) atoms. The van der Waals surface area contributed by atoms with Crippen LogP contribution >= 0.6 is 20.8 Å². The Hall–Kier alpha value is -3.78. The van der Waals surface area contributed by atoms with Crippen molar-refractivity contribution in [2.45, 2.75) is 113 Å². The van der Waals surface area contributed by atoms with Gasteiger partial charge >= 0.3 is 20.1 Å². The van der Waals surface area contributed by atoms with E-state index in [0.717, 1.165) is 6.42 Å². The van der Waals surface area contributed by atoms with E-state index in [2.05, 4.69) is 72.0 Å². The van der Waals surface area contributed by atoms with Crippen molar-refractivity contribution in [2.75, 3.05) is 32.0 Å². The molecule has 0 aromatic carbocycles. The SMILES string of the molecule is C[C@H](NC(=O)[C@H](CCCC[NH3+])NC(=O)[C@H](CC(=O)O)NC(=O)[C@@H]([NH3+])CCCC[NH3+])C(=O)N[C@@H](CCCC[NH3+])C(=O)N[C@@H](CO[P+](O)(O)O)C(=O)N[C@@H](CS)C(=O)O. The number of aliphatic carboxylic acids is 2. The maximum Gasteiger partial charge on any atom is 0.567 e. The van der Waals surface area contributed by atoms with Crippen LogP contribution in [-0.4, -0.2) is 147 Å². The zero-order valence-electron chi connectivity index (χ0n) is 32.3. The van der Waals surface area contributed by atoms with E-state index in [1.54, 1.807) is 0 Å². The number of hydrogen-bond donors (Lipinski definition) is 16. The number of nitrogens with one attached hydrogen (secondary N) is 6. The number of quaternary nitrogens is 4. The highest BCUT2D eigenvalue weighted by Gasteiger charge is 2.38. The van der Waals surface area contributed by atoms with Crippen molar-refractivity contribution in [3.63, 3.8) is 0 Å². The molecule has 0 unspecified atom stereocenters. The molecule has 0 saturated carbocycles. The number of unbranched alkanes of at least 4 members (excludes halogenated alkanes) is 3. The van der Waals surface area contributed by atoms with Crippen LogP contribution in [-0.2, 0) is 42.9 Å². The molecule has 24 nitrogen and oxygen atoms in total. The minimum atomic E-state index is -4.92. The summed E-state index contributed by atoms with van der Waals surface area (Å²) < 4.78 is 4.50. The van der Waals surface area contributed by atoms with Gasteiger partial charge in [0, 0.05) is 12.2 Å². The van der Waals surface area contributed by atoms with Gasteiger partial charge in [-0.1, -0.05) is 0 Å². The zero-order valence-corrected chi connectivity index (χ0v) is 34.1. The van der Waals surface area contributed by atoms with Crippen LogP contribution in [0.2, 0.25) is 0 Å². The predicted molar refractivity (Wildman–Crippen MR) is 202 cm³/mol. The lowest BCUT2D eigenvalue weighted by Gasteiger charge is -2.26. The van der Waals surface area contributed by atoms with E-state index in [4.69, 9.17) is 0 Å². The average molecular weight is 864 g/mol. The number of hydrogen-bond acceptors (Lipinski definition) is 13. The fourth-order valence-electron chi connectivity index (χ4n) is 5.00. The van der Waals surface area contributed by atoms with Crippen LogP contribution in [0.1, 0.15) is 71.1 Å². The Morgan fingerprint density at radius 3 is 1.44 bits per heavy atom. The molecular formula is C31H64N10O14PS+5. The van der Waals surface area contributed by atoms with Gasteiger partial charge in [0.15, 0.2) is 6.04 Å². The minimum absolute atomic E-state index is 0.0152. The number of amides is 6. The van der Waals surface area contributed by atoms with Crippen LogP contribution in [0.3, 0.4) is 0 Å². The maximum atomic E-state index is 13.5. The second-order valence-electron chi connectivity index (χ2n) is 13.2. The first kappa shape index (κ1) is 53.2. The summed E-state index contributed by atoms with van der Waals surface area (Å²) in [6, 6.07) is -9.66. The summed E-state index contributed by atoms with van der Waals surface area (Å²) in [6.07, 6.45) is 2.81. The summed E-state index contributed by atoms with van der Waals surface area (Å²) in [5, 5.41) is 32.8. The lowest BCUT2D eigenvalue weighted by Crippen LogP contribution is -2.69. The predicted octanol–water partition coefficient (Wildman–Crippen LogP) is -8.08. The van der Waals surface area contributed by atoms with Crippen molar-refractivity contribution in [3.05, 3.63) is 0 Å². The lowest BCUT2D eigenvalue weighted by molar-refractivity contribution is -0.406. The molecule has 0 bridgehead atoms. The Labute approximate surface area is 335 Å². The number of carbonyl (C=O) groups is 8. The van der Waals surface area contributed by atoms with Crippen LogP contribution < -0.4 is 54.8 Å². The summed E-state index contributed by atoms with van der Waals surface area (Å²) >= 11 is 3.85. The van der Waals surface area contributed by atoms with Gasteiger partial charge in [-0.3, -0.25) is 33.6 Å². The lowest BCUT2D eigenvalue weighted by atomic mass is 10.1. The van der Waals surface area contributed by atoms with Gasteiger partial charge < -0.3 is 65.0 Å². The highest BCUT2D eigenvalue weighted by atomic mass is 32.1. The monoisotopic (exact) mass is 863 g/mol. The van der Waals surface area contributed by atoms with E-state index >= 15 is 0 Å². The van der Waals surface area contributed by atoms with Gasteiger partial charge in [0.1, 0.15) is 42.9 Å². The van der Waals surface area contributed by atoms with Crippen molar-refractivity contribution in [1.29, 1.82) is 0 Å². The van der Waals surface area contributed by atoms with Gasteiger partial charge in [-0.25, -0.2) is 4.79 Å². The second-order valence-corrected chi connectivity index (χ2v) is 14.9. The molecule has 6 amide bonds. The fourth-order valence-corrected chi connectivity index (χ4v) is 5.59. The van der Waals surface area contributed by atoms with Crippen LogP contribution in [0.25, 0.3) is 0 Å². The molecule has 0 heterocycles. The summed E-state index contributed by atoms with van der Waals surface area (Å²) in [5.74, 6) is -8.71. The molecule has 26 heteroatoms. The number of thiol groups is 1. The van der Waals surface area contributed by atoms with E-state index in [1.165, 1.54) is 6.92 Å². The van der Waals surface area contributed by atoms with Crippen molar-refractivity contribution >= 4 is 68.2 Å². The average Bonchev–Trinajstić information content (AvgIpc) is 3.13. The maximum absolute atomic E-state index is 13.5. The largest absolute Gasteiger partial charge is 0.567 e. The normalized spacial score (nSPS) is 15.0. The molecule has 328 valence electrons. The first-order chi connectivity index (χ1) is 26.7. The molecule has 0 aromatic rings.